The van der Waals surface area contributed by atoms with Gasteiger partial charge in [-0.1, -0.05) is 0 Å². The van der Waals surface area contributed by atoms with Crippen molar-refractivity contribution in [2.75, 3.05) is 18.4 Å². The third kappa shape index (κ3) is 6.03. The van der Waals surface area contributed by atoms with Gasteiger partial charge in [0.1, 0.15) is 24.4 Å². The zero-order chi connectivity index (χ0) is 18.5. The summed E-state index contributed by atoms with van der Waals surface area (Å²) in [7, 11) is -3.78. The molecular formula is C12H25Cl2N2O7P. The Labute approximate surface area is 150 Å². The zero-order valence-corrected chi connectivity index (χ0v) is 15.8. The van der Waals surface area contributed by atoms with Gasteiger partial charge in [-0.2, -0.15) is 0 Å². The highest BCUT2D eigenvalue weighted by atomic mass is 35.5. The number of hydrogen-bond acceptors (Lipinski definition) is 7. The van der Waals surface area contributed by atoms with Crippen molar-refractivity contribution in [3.05, 3.63) is 0 Å². The van der Waals surface area contributed by atoms with Crippen molar-refractivity contribution in [1.29, 1.82) is 0 Å². The van der Waals surface area contributed by atoms with Crippen molar-refractivity contribution in [3.8, 4) is 0 Å². The number of rotatable bonds is 9. The van der Waals surface area contributed by atoms with Gasteiger partial charge in [0.05, 0.1) is 6.61 Å². The van der Waals surface area contributed by atoms with Crippen LogP contribution in [0, 0.1) is 0 Å². The van der Waals surface area contributed by atoms with Crippen LogP contribution >= 0.6 is 30.9 Å². The summed E-state index contributed by atoms with van der Waals surface area (Å²) in [4.78, 5) is 0. The average molecular weight is 411 g/mol. The predicted octanol–water partition coefficient (Wildman–Crippen LogP) is -0.655. The lowest BCUT2D eigenvalue weighted by molar-refractivity contribution is -0.278. The van der Waals surface area contributed by atoms with Gasteiger partial charge in [-0.3, -0.25) is 9.09 Å². The molecule has 6 N–H and O–H groups in total. The quantitative estimate of drug-likeness (QED) is 0.216. The SMILES string of the molecule is C[C@@H](CCl)NP(=O)(N[C@@H](C)CCl)O[C@@H]1OC(CO)[C@@H](O)C(O)C1O. The molecule has 12 heteroatoms. The van der Waals surface area contributed by atoms with Gasteiger partial charge in [-0.15, -0.1) is 23.2 Å². The molecule has 1 aliphatic rings. The fourth-order valence-corrected chi connectivity index (χ4v) is 4.42. The van der Waals surface area contributed by atoms with E-state index in [1.807, 2.05) is 0 Å². The summed E-state index contributed by atoms with van der Waals surface area (Å²) in [5, 5.41) is 44.0. The van der Waals surface area contributed by atoms with Crippen LogP contribution in [-0.4, -0.2) is 81.6 Å². The van der Waals surface area contributed by atoms with E-state index < -0.39 is 57.1 Å². The Morgan fingerprint density at radius 3 is 2.00 bits per heavy atom. The van der Waals surface area contributed by atoms with Crippen LogP contribution in [-0.2, 0) is 13.8 Å². The molecule has 1 fully saturated rings. The summed E-state index contributed by atoms with van der Waals surface area (Å²) in [5.41, 5.74) is 0. The molecule has 1 heterocycles. The normalized spacial score (nSPS) is 34.1. The summed E-state index contributed by atoms with van der Waals surface area (Å²) in [5.74, 6) is 0.276. The lowest BCUT2D eigenvalue weighted by Gasteiger charge is -2.41. The number of ether oxygens (including phenoxy) is 1. The second-order valence-corrected chi connectivity index (χ2v) is 8.17. The van der Waals surface area contributed by atoms with Crippen LogP contribution in [0.2, 0.25) is 0 Å². The maximum atomic E-state index is 13.0. The number of nitrogens with one attached hydrogen (secondary N) is 2. The van der Waals surface area contributed by atoms with Crippen molar-refractivity contribution in [3.63, 3.8) is 0 Å². The predicted molar refractivity (Wildman–Crippen MR) is 89.1 cm³/mol. The minimum atomic E-state index is -3.78. The third-order valence-electron chi connectivity index (χ3n) is 3.34. The molecule has 24 heavy (non-hydrogen) atoms. The molecule has 0 amide bonds. The molecule has 9 nitrogen and oxygen atoms in total. The van der Waals surface area contributed by atoms with E-state index in [1.165, 1.54) is 0 Å². The highest BCUT2D eigenvalue weighted by Gasteiger charge is 2.46. The lowest BCUT2D eigenvalue weighted by atomic mass is 10.00. The molecule has 0 radical (unpaired) electrons. The van der Waals surface area contributed by atoms with Crippen molar-refractivity contribution >= 4 is 30.9 Å². The Bertz CT molecular complexity index is 418. The zero-order valence-electron chi connectivity index (χ0n) is 13.4. The fraction of sp³-hybridized carbons (Fsp3) is 1.00. The Hall–Kier alpha value is 0.490. The molecule has 0 aromatic rings. The van der Waals surface area contributed by atoms with Gasteiger partial charge in [-0.25, -0.2) is 10.2 Å². The minimum Gasteiger partial charge on any atom is -0.394 e. The van der Waals surface area contributed by atoms with Crippen LogP contribution in [0.4, 0.5) is 0 Å². The molecule has 1 rings (SSSR count). The molecule has 0 aliphatic carbocycles. The summed E-state index contributed by atoms with van der Waals surface area (Å²) in [6.45, 7) is 2.72. The van der Waals surface area contributed by atoms with Crippen LogP contribution < -0.4 is 10.2 Å². The maximum Gasteiger partial charge on any atom is 0.343 e. The van der Waals surface area contributed by atoms with Crippen molar-refractivity contribution < 1.29 is 34.3 Å². The lowest BCUT2D eigenvalue weighted by Crippen LogP contribution is -2.59. The fourth-order valence-electron chi connectivity index (χ4n) is 2.05. The highest BCUT2D eigenvalue weighted by molar-refractivity contribution is 7.54. The maximum absolute atomic E-state index is 13.0. The van der Waals surface area contributed by atoms with Crippen LogP contribution in [0.5, 0.6) is 0 Å². The molecule has 3 unspecified atom stereocenters. The van der Waals surface area contributed by atoms with Crippen molar-refractivity contribution in [2.24, 2.45) is 0 Å². The first-order valence-electron chi connectivity index (χ1n) is 7.43. The molecule has 0 bridgehead atoms. The van der Waals surface area contributed by atoms with Crippen LogP contribution in [0.25, 0.3) is 0 Å². The molecule has 0 aromatic heterocycles. The van der Waals surface area contributed by atoms with Crippen molar-refractivity contribution in [2.45, 2.75) is 56.6 Å². The van der Waals surface area contributed by atoms with Crippen molar-refractivity contribution in [1.82, 2.24) is 10.2 Å². The second kappa shape index (κ2) is 9.99. The van der Waals surface area contributed by atoms with Crippen LogP contribution in [0.1, 0.15) is 13.8 Å². The van der Waals surface area contributed by atoms with Gasteiger partial charge < -0.3 is 25.2 Å². The third-order valence-corrected chi connectivity index (χ3v) is 6.34. The number of hydrogen-bond donors (Lipinski definition) is 6. The van der Waals surface area contributed by atoms with E-state index >= 15 is 0 Å². The van der Waals surface area contributed by atoms with Gasteiger partial charge >= 0.3 is 7.67 Å². The van der Waals surface area contributed by atoms with E-state index in [2.05, 4.69) is 10.2 Å². The molecular weight excluding hydrogens is 386 g/mol. The Balaban J connectivity index is 2.93. The molecule has 7 atom stereocenters. The number of halogens is 2. The largest absolute Gasteiger partial charge is 0.394 e. The Morgan fingerprint density at radius 2 is 1.58 bits per heavy atom. The van der Waals surface area contributed by atoms with E-state index in [0.29, 0.717) is 0 Å². The first kappa shape index (κ1) is 22.5. The standard InChI is InChI=1S/C12H25Cl2N2O7P/c1-6(3-13)15-24(21,16-7(2)4-14)23-12-11(20)10(19)9(18)8(5-17)22-12/h6-12,17-20H,3-5H2,1-2H3,(H2,15,16,21)/t6-,7-,8?,9+,10?,11?,12-/m0/s1. The van der Waals surface area contributed by atoms with Gasteiger partial charge in [-0.05, 0) is 13.8 Å². The first-order valence-corrected chi connectivity index (χ1v) is 10.1. The van der Waals surface area contributed by atoms with E-state index in [1.54, 1.807) is 13.8 Å². The van der Waals surface area contributed by atoms with Gasteiger partial charge in [0.2, 0.25) is 0 Å². The number of aliphatic hydroxyl groups is 4. The topological polar surface area (TPSA) is 141 Å². The van der Waals surface area contributed by atoms with Gasteiger partial charge in [0.25, 0.3) is 0 Å². The molecule has 0 aromatic carbocycles. The average Bonchev–Trinajstić information content (AvgIpc) is 2.54. The first-order chi connectivity index (χ1) is 11.2. The summed E-state index contributed by atoms with van der Waals surface area (Å²) in [6.07, 6.45) is -7.55. The number of alkyl halides is 2. The van der Waals surface area contributed by atoms with Gasteiger partial charge in [0.15, 0.2) is 6.29 Å². The van der Waals surface area contributed by atoms with E-state index in [4.69, 9.17) is 32.5 Å². The summed E-state index contributed by atoms with van der Waals surface area (Å²) < 4.78 is 23.5. The molecule has 1 saturated heterocycles. The molecule has 144 valence electrons. The summed E-state index contributed by atoms with van der Waals surface area (Å²) in [6, 6.07) is -0.810. The number of aliphatic hydroxyl groups excluding tert-OH is 4. The second-order valence-electron chi connectivity index (χ2n) is 5.72. The molecule has 1 aliphatic heterocycles. The summed E-state index contributed by atoms with van der Waals surface area (Å²) >= 11 is 11.4. The monoisotopic (exact) mass is 410 g/mol. The molecule has 0 spiro atoms. The minimum absolute atomic E-state index is 0.138. The van der Waals surface area contributed by atoms with E-state index in [-0.39, 0.29) is 11.8 Å². The van der Waals surface area contributed by atoms with E-state index in [0.717, 1.165) is 0 Å². The smallest absolute Gasteiger partial charge is 0.343 e. The van der Waals surface area contributed by atoms with Gasteiger partial charge in [0, 0.05) is 23.8 Å². The van der Waals surface area contributed by atoms with E-state index in [9.17, 15) is 25.0 Å². The Kier molecular flexibility index (Phi) is 9.38. The van der Waals surface area contributed by atoms with Crippen LogP contribution in [0.15, 0.2) is 0 Å². The highest BCUT2D eigenvalue weighted by Crippen LogP contribution is 2.43. The Morgan fingerprint density at radius 1 is 1.08 bits per heavy atom. The van der Waals surface area contributed by atoms with Crippen LogP contribution in [0.3, 0.4) is 0 Å². The molecule has 0 saturated carbocycles.